The van der Waals surface area contributed by atoms with Gasteiger partial charge in [-0.15, -0.1) is 0 Å². The van der Waals surface area contributed by atoms with Crippen LogP contribution in [0.5, 0.6) is 0 Å². The summed E-state index contributed by atoms with van der Waals surface area (Å²) < 4.78 is 5.16. The molecule has 7 heteroatoms. The third-order valence-corrected chi connectivity index (χ3v) is 2.54. The number of amidine groups is 1. The van der Waals surface area contributed by atoms with E-state index in [1.54, 1.807) is 11.9 Å². The first kappa shape index (κ1) is 12.0. The summed E-state index contributed by atoms with van der Waals surface area (Å²) in [5, 5.41) is 9.62. The van der Waals surface area contributed by atoms with Gasteiger partial charge in [0, 0.05) is 19.7 Å². The Balaban J connectivity index is 2.51. The molecule has 1 amide bonds. The smallest absolute Gasteiger partial charge is 0.404 e. The number of halogens is 1. The van der Waals surface area contributed by atoms with Crippen molar-refractivity contribution in [2.45, 2.75) is 12.6 Å². The average Bonchev–Trinajstić information content (AvgIpc) is 2.18. The Labute approximate surface area is 95.5 Å². The molecule has 1 aliphatic rings. The van der Waals surface area contributed by atoms with Crippen molar-refractivity contribution in [2.24, 2.45) is 10.7 Å². The van der Waals surface area contributed by atoms with Crippen molar-refractivity contribution in [1.29, 1.82) is 0 Å². The van der Waals surface area contributed by atoms with E-state index in [4.69, 9.17) is 5.73 Å². The number of amides is 1. The number of nitrogens with zero attached hydrogens (tertiary/aromatic N) is 2. The first-order valence-electron chi connectivity index (χ1n) is 4.27. The highest BCUT2D eigenvalue weighted by Crippen LogP contribution is 2.19. The molecule has 1 heterocycles. The minimum Gasteiger partial charge on any atom is -0.449 e. The number of ether oxygens (including phenoxy) is 1. The predicted octanol–water partition coefficient (Wildman–Crippen LogP) is 0.370. The van der Waals surface area contributed by atoms with E-state index in [2.05, 4.69) is 25.7 Å². The lowest BCUT2D eigenvalue weighted by Gasteiger charge is -2.29. The number of likely N-dealkylation sites (N-methyl/N-ethyl adjacent to an activating group) is 1. The molecule has 15 heavy (non-hydrogen) atoms. The molecule has 0 spiro atoms. The fourth-order valence-corrected chi connectivity index (χ4v) is 1.51. The number of nitrogens with two attached hydrogens (primary N) is 1. The van der Waals surface area contributed by atoms with Gasteiger partial charge in [0.25, 0.3) is 0 Å². The van der Waals surface area contributed by atoms with Crippen LogP contribution >= 0.6 is 15.9 Å². The molecule has 0 aromatic heterocycles. The summed E-state index contributed by atoms with van der Waals surface area (Å²) in [6.45, 7) is 0.149. The number of primary amides is 1. The normalized spacial score (nSPS) is 20.7. The lowest BCUT2D eigenvalue weighted by molar-refractivity contribution is 0.105. The van der Waals surface area contributed by atoms with Gasteiger partial charge in [-0.1, -0.05) is 0 Å². The third-order valence-electron chi connectivity index (χ3n) is 1.93. The highest BCUT2D eigenvalue weighted by Gasteiger charge is 2.21. The zero-order valence-corrected chi connectivity index (χ0v) is 9.77. The molecule has 0 bridgehead atoms. The van der Waals surface area contributed by atoms with Gasteiger partial charge in [0.15, 0.2) is 6.23 Å². The van der Waals surface area contributed by atoms with Crippen molar-refractivity contribution in [3.8, 4) is 0 Å². The highest BCUT2D eigenvalue weighted by molar-refractivity contribution is 9.11. The number of aliphatic imine (C=N–C) groups is 1. The number of carbonyl (C=O) groups is 1. The quantitative estimate of drug-likeness (QED) is 0.780. The van der Waals surface area contributed by atoms with E-state index in [1.807, 2.05) is 0 Å². The summed E-state index contributed by atoms with van der Waals surface area (Å²) in [4.78, 5) is 16.0. The average molecular weight is 278 g/mol. The molecule has 0 aromatic carbocycles. The van der Waals surface area contributed by atoms with Gasteiger partial charge in [0.2, 0.25) is 0 Å². The zero-order valence-electron chi connectivity index (χ0n) is 8.18. The second-order valence-electron chi connectivity index (χ2n) is 2.96. The summed E-state index contributed by atoms with van der Waals surface area (Å²) in [5.41, 5.74) is 4.81. The second kappa shape index (κ2) is 5.13. The Bertz CT molecular complexity index is 316. The van der Waals surface area contributed by atoms with Gasteiger partial charge in [0.1, 0.15) is 12.4 Å². The first-order chi connectivity index (χ1) is 7.02. The van der Waals surface area contributed by atoms with E-state index in [0.717, 1.165) is 0 Å². The second-order valence-corrected chi connectivity index (χ2v) is 3.88. The fraction of sp³-hybridized carbons (Fsp3) is 0.500. The zero-order chi connectivity index (χ0) is 11.4. The largest absolute Gasteiger partial charge is 0.449 e. The summed E-state index contributed by atoms with van der Waals surface area (Å²) in [6.07, 6.45) is 0.370. The third kappa shape index (κ3) is 3.21. The van der Waals surface area contributed by atoms with E-state index < -0.39 is 12.3 Å². The molecule has 84 valence electrons. The number of aliphatic hydroxyl groups excluding tert-OH is 1. The van der Waals surface area contributed by atoms with Crippen LogP contribution in [0.25, 0.3) is 0 Å². The molecule has 6 nitrogen and oxygen atoms in total. The minimum atomic E-state index is -0.814. The Morgan fingerprint density at radius 3 is 3.13 bits per heavy atom. The van der Waals surface area contributed by atoms with Gasteiger partial charge >= 0.3 is 6.09 Å². The molecule has 0 saturated heterocycles. The van der Waals surface area contributed by atoms with E-state index in [-0.39, 0.29) is 6.61 Å². The lowest BCUT2D eigenvalue weighted by Crippen LogP contribution is -2.39. The van der Waals surface area contributed by atoms with E-state index in [9.17, 15) is 9.90 Å². The summed E-state index contributed by atoms with van der Waals surface area (Å²) in [5.74, 6) is 0.631. The SMILES string of the molecule is CN1C(CCOC(N)=O)=NC=C(Br)C1O. The van der Waals surface area contributed by atoms with E-state index in [1.165, 1.54) is 6.20 Å². The van der Waals surface area contributed by atoms with Gasteiger partial charge in [-0.2, -0.15) is 0 Å². The standard InChI is InChI=1S/C8H12BrN3O3/c1-12-6(2-3-15-8(10)14)11-4-5(9)7(12)13/h4,7,13H,2-3H2,1H3,(H2,10,14). The molecule has 1 unspecified atom stereocenters. The maximum absolute atomic E-state index is 10.3. The van der Waals surface area contributed by atoms with Crippen molar-refractivity contribution >= 4 is 27.9 Å². The molecule has 0 saturated carbocycles. The van der Waals surface area contributed by atoms with Crippen LogP contribution < -0.4 is 5.73 Å². The maximum Gasteiger partial charge on any atom is 0.404 e. The van der Waals surface area contributed by atoms with Crippen molar-refractivity contribution in [3.63, 3.8) is 0 Å². The number of carbonyl (C=O) groups excluding carboxylic acids is 1. The lowest BCUT2D eigenvalue weighted by atomic mass is 10.3. The van der Waals surface area contributed by atoms with Gasteiger partial charge < -0.3 is 20.5 Å². The van der Waals surface area contributed by atoms with Crippen LogP contribution in [0.1, 0.15) is 6.42 Å². The molecular weight excluding hydrogens is 266 g/mol. The minimum absolute atomic E-state index is 0.149. The number of hydrogen-bond donors (Lipinski definition) is 2. The van der Waals surface area contributed by atoms with Gasteiger partial charge in [0.05, 0.1) is 4.48 Å². The molecule has 0 fully saturated rings. The van der Waals surface area contributed by atoms with E-state index in [0.29, 0.717) is 16.7 Å². The Morgan fingerprint density at radius 1 is 1.87 bits per heavy atom. The highest BCUT2D eigenvalue weighted by atomic mass is 79.9. The monoisotopic (exact) mass is 277 g/mol. The van der Waals surface area contributed by atoms with Crippen molar-refractivity contribution < 1.29 is 14.6 Å². The summed E-state index contributed by atoms with van der Waals surface area (Å²) in [6, 6.07) is 0. The summed E-state index contributed by atoms with van der Waals surface area (Å²) in [7, 11) is 1.70. The summed E-state index contributed by atoms with van der Waals surface area (Å²) >= 11 is 3.17. The first-order valence-corrected chi connectivity index (χ1v) is 5.07. The molecule has 0 aromatic rings. The van der Waals surface area contributed by atoms with Crippen LogP contribution in [-0.4, -0.2) is 41.8 Å². The van der Waals surface area contributed by atoms with Crippen LogP contribution in [0.3, 0.4) is 0 Å². The van der Waals surface area contributed by atoms with Gasteiger partial charge in [-0.05, 0) is 15.9 Å². The molecule has 3 N–H and O–H groups in total. The van der Waals surface area contributed by atoms with Crippen molar-refractivity contribution in [3.05, 3.63) is 10.7 Å². The number of hydrogen-bond acceptors (Lipinski definition) is 5. The fourth-order valence-electron chi connectivity index (χ4n) is 1.10. The van der Waals surface area contributed by atoms with E-state index >= 15 is 0 Å². The Morgan fingerprint density at radius 2 is 2.53 bits per heavy atom. The molecule has 0 aliphatic carbocycles. The van der Waals surface area contributed by atoms with Crippen LogP contribution in [0.15, 0.2) is 15.7 Å². The molecule has 1 atom stereocenters. The number of aliphatic hydroxyl groups is 1. The molecule has 0 radical (unpaired) electrons. The van der Waals surface area contributed by atoms with Gasteiger partial charge in [-0.25, -0.2) is 9.79 Å². The van der Waals surface area contributed by atoms with Crippen LogP contribution in [0, 0.1) is 0 Å². The van der Waals surface area contributed by atoms with Gasteiger partial charge in [-0.3, -0.25) is 0 Å². The maximum atomic E-state index is 10.3. The predicted molar refractivity (Wildman–Crippen MR) is 58.4 cm³/mol. The topological polar surface area (TPSA) is 88.2 Å². The Kier molecular flexibility index (Phi) is 4.10. The molecule has 1 aliphatic heterocycles. The van der Waals surface area contributed by atoms with Crippen LogP contribution in [0.2, 0.25) is 0 Å². The molecule has 1 rings (SSSR count). The van der Waals surface area contributed by atoms with Crippen molar-refractivity contribution in [1.82, 2.24) is 4.90 Å². The Hall–Kier alpha value is -1.08. The van der Waals surface area contributed by atoms with Crippen molar-refractivity contribution in [2.75, 3.05) is 13.7 Å². The number of rotatable bonds is 3. The molecular formula is C8H12BrN3O3. The van der Waals surface area contributed by atoms with Crippen LogP contribution in [0.4, 0.5) is 4.79 Å². The van der Waals surface area contributed by atoms with Crippen LogP contribution in [-0.2, 0) is 4.74 Å².